The molecule has 1 aliphatic heterocycles. The monoisotopic (exact) mass is 289 g/mol. The van der Waals surface area contributed by atoms with E-state index in [0.29, 0.717) is 0 Å². The summed E-state index contributed by atoms with van der Waals surface area (Å²) in [6.45, 7) is 12.4. The number of aryl methyl sites for hydroxylation is 2. The van der Waals surface area contributed by atoms with Gasteiger partial charge < -0.3 is 10.6 Å². The van der Waals surface area contributed by atoms with Gasteiger partial charge in [0.05, 0.1) is 0 Å². The van der Waals surface area contributed by atoms with Crippen molar-refractivity contribution in [1.82, 2.24) is 9.80 Å². The average molecular weight is 289 g/mol. The summed E-state index contributed by atoms with van der Waals surface area (Å²) >= 11 is 0. The van der Waals surface area contributed by atoms with Gasteiger partial charge >= 0.3 is 0 Å². The maximum Gasteiger partial charge on any atom is 0.0237 e. The lowest BCUT2D eigenvalue weighted by Gasteiger charge is -2.22. The average Bonchev–Trinajstić information content (AvgIpc) is 2.69. The molecular formula is C18H31N3. The summed E-state index contributed by atoms with van der Waals surface area (Å²) in [6.07, 6.45) is 3.68. The van der Waals surface area contributed by atoms with Crippen LogP contribution in [0.25, 0.3) is 0 Å². The number of hydrogen-bond donors (Lipinski definition) is 1. The molecule has 1 fully saturated rings. The zero-order valence-corrected chi connectivity index (χ0v) is 13.8. The van der Waals surface area contributed by atoms with Crippen LogP contribution in [0.5, 0.6) is 0 Å². The molecule has 0 spiro atoms. The predicted octanol–water partition coefficient (Wildman–Crippen LogP) is 2.55. The molecule has 21 heavy (non-hydrogen) atoms. The molecule has 0 aliphatic carbocycles. The van der Waals surface area contributed by atoms with Crippen LogP contribution in [-0.2, 0) is 6.54 Å². The Morgan fingerprint density at radius 2 is 1.76 bits per heavy atom. The molecule has 1 heterocycles. The molecule has 1 aromatic carbocycles. The third-order valence-electron chi connectivity index (χ3n) is 4.51. The Hall–Kier alpha value is -0.900. The first kappa shape index (κ1) is 16.5. The van der Waals surface area contributed by atoms with E-state index >= 15 is 0 Å². The fourth-order valence-corrected chi connectivity index (χ4v) is 3.10. The first-order chi connectivity index (χ1) is 10.2. The smallest absolute Gasteiger partial charge is 0.0237 e. The van der Waals surface area contributed by atoms with E-state index in [9.17, 15) is 0 Å². The minimum Gasteiger partial charge on any atom is -0.330 e. The van der Waals surface area contributed by atoms with Gasteiger partial charge in [-0.05, 0) is 70.4 Å². The van der Waals surface area contributed by atoms with E-state index in [0.717, 1.165) is 19.5 Å². The second-order valence-corrected chi connectivity index (χ2v) is 6.40. The number of nitrogens with zero attached hydrogens (tertiary/aromatic N) is 2. The van der Waals surface area contributed by atoms with E-state index < -0.39 is 0 Å². The lowest BCUT2D eigenvalue weighted by molar-refractivity contribution is 0.249. The number of unbranched alkanes of at least 4 members (excludes halogenated alkanes) is 1. The number of hydrogen-bond acceptors (Lipinski definition) is 3. The topological polar surface area (TPSA) is 32.5 Å². The molecule has 3 nitrogen and oxygen atoms in total. The molecule has 0 saturated carbocycles. The molecule has 0 unspecified atom stereocenters. The zero-order chi connectivity index (χ0) is 15.1. The largest absolute Gasteiger partial charge is 0.330 e. The summed E-state index contributed by atoms with van der Waals surface area (Å²) in [6, 6.07) is 6.81. The van der Waals surface area contributed by atoms with Gasteiger partial charge in [-0.1, -0.05) is 23.8 Å². The van der Waals surface area contributed by atoms with Crippen molar-refractivity contribution in [2.45, 2.75) is 39.7 Å². The van der Waals surface area contributed by atoms with Crippen LogP contribution < -0.4 is 5.73 Å². The van der Waals surface area contributed by atoms with E-state index in [1.807, 2.05) is 0 Å². The van der Waals surface area contributed by atoms with Crippen molar-refractivity contribution in [2.75, 3.05) is 39.3 Å². The summed E-state index contributed by atoms with van der Waals surface area (Å²) < 4.78 is 0. The van der Waals surface area contributed by atoms with Crippen LogP contribution in [0.2, 0.25) is 0 Å². The van der Waals surface area contributed by atoms with Crippen molar-refractivity contribution in [3.8, 4) is 0 Å². The Balaban J connectivity index is 1.84. The zero-order valence-electron chi connectivity index (χ0n) is 13.8. The van der Waals surface area contributed by atoms with Crippen molar-refractivity contribution in [3.63, 3.8) is 0 Å². The second-order valence-electron chi connectivity index (χ2n) is 6.40. The van der Waals surface area contributed by atoms with Crippen LogP contribution in [0.15, 0.2) is 18.2 Å². The number of benzene rings is 1. The Labute approximate surface area is 130 Å². The van der Waals surface area contributed by atoms with Crippen LogP contribution in [-0.4, -0.2) is 49.1 Å². The molecule has 118 valence electrons. The van der Waals surface area contributed by atoms with Gasteiger partial charge in [0, 0.05) is 19.6 Å². The van der Waals surface area contributed by atoms with E-state index in [1.165, 1.54) is 62.3 Å². The highest BCUT2D eigenvalue weighted by Gasteiger charge is 2.15. The summed E-state index contributed by atoms with van der Waals surface area (Å²) in [4.78, 5) is 5.23. The Morgan fingerprint density at radius 1 is 1.00 bits per heavy atom. The summed E-state index contributed by atoms with van der Waals surface area (Å²) in [7, 11) is 0. The molecule has 0 radical (unpaired) electrons. The summed E-state index contributed by atoms with van der Waals surface area (Å²) in [5.74, 6) is 0. The SMILES string of the molecule is Cc1ccc(C)c(CN2CCCN(CCCCN)CC2)c1. The fraction of sp³-hybridized carbons (Fsp3) is 0.667. The van der Waals surface area contributed by atoms with Crippen LogP contribution in [0.4, 0.5) is 0 Å². The van der Waals surface area contributed by atoms with Gasteiger partial charge in [-0.3, -0.25) is 4.90 Å². The van der Waals surface area contributed by atoms with E-state index in [2.05, 4.69) is 41.8 Å². The third kappa shape index (κ3) is 5.42. The first-order valence-corrected chi connectivity index (χ1v) is 8.40. The van der Waals surface area contributed by atoms with Gasteiger partial charge in [0.25, 0.3) is 0 Å². The van der Waals surface area contributed by atoms with Gasteiger partial charge in [0.1, 0.15) is 0 Å². The second kappa shape index (κ2) is 8.52. The van der Waals surface area contributed by atoms with Gasteiger partial charge in [-0.2, -0.15) is 0 Å². The third-order valence-corrected chi connectivity index (χ3v) is 4.51. The van der Waals surface area contributed by atoms with E-state index in [-0.39, 0.29) is 0 Å². The molecule has 0 aromatic heterocycles. The van der Waals surface area contributed by atoms with Crippen LogP contribution in [0.3, 0.4) is 0 Å². The van der Waals surface area contributed by atoms with Gasteiger partial charge in [-0.25, -0.2) is 0 Å². The Bertz CT molecular complexity index is 430. The highest BCUT2D eigenvalue weighted by molar-refractivity contribution is 5.30. The standard InChI is InChI=1S/C18H31N3/c1-16-6-7-17(2)18(14-16)15-21-11-5-10-20(12-13-21)9-4-3-8-19/h6-7,14H,3-5,8-13,15,19H2,1-2H3. The van der Waals surface area contributed by atoms with Gasteiger partial charge in [0.2, 0.25) is 0 Å². The predicted molar refractivity (Wildman–Crippen MR) is 90.5 cm³/mol. The maximum atomic E-state index is 5.58. The fourth-order valence-electron chi connectivity index (χ4n) is 3.10. The molecule has 0 bridgehead atoms. The molecule has 2 rings (SSSR count). The van der Waals surface area contributed by atoms with Crippen molar-refractivity contribution >= 4 is 0 Å². The van der Waals surface area contributed by atoms with Crippen molar-refractivity contribution in [2.24, 2.45) is 5.73 Å². The van der Waals surface area contributed by atoms with Crippen LogP contribution in [0, 0.1) is 13.8 Å². The van der Waals surface area contributed by atoms with Crippen LogP contribution >= 0.6 is 0 Å². The van der Waals surface area contributed by atoms with Crippen molar-refractivity contribution < 1.29 is 0 Å². The van der Waals surface area contributed by atoms with E-state index in [1.54, 1.807) is 0 Å². The number of nitrogens with two attached hydrogens (primary N) is 1. The minimum atomic E-state index is 0.826. The molecule has 2 N–H and O–H groups in total. The van der Waals surface area contributed by atoms with Crippen molar-refractivity contribution in [1.29, 1.82) is 0 Å². The molecule has 1 aliphatic rings. The molecule has 1 aromatic rings. The highest BCUT2D eigenvalue weighted by Crippen LogP contribution is 2.15. The van der Waals surface area contributed by atoms with E-state index in [4.69, 9.17) is 5.73 Å². The molecule has 0 amide bonds. The lowest BCUT2D eigenvalue weighted by Crippen LogP contribution is -2.31. The molecule has 3 heteroatoms. The first-order valence-electron chi connectivity index (χ1n) is 8.40. The van der Waals surface area contributed by atoms with Crippen LogP contribution in [0.1, 0.15) is 36.0 Å². The molecule has 1 saturated heterocycles. The maximum absolute atomic E-state index is 5.58. The Kier molecular flexibility index (Phi) is 6.68. The Morgan fingerprint density at radius 3 is 2.57 bits per heavy atom. The molecule has 0 atom stereocenters. The minimum absolute atomic E-state index is 0.826. The highest BCUT2D eigenvalue weighted by atomic mass is 15.2. The van der Waals surface area contributed by atoms with Crippen molar-refractivity contribution in [3.05, 3.63) is 34.9 Å². The summed E-state index contributed by atoms with van der Waals surface area (Å²) in [5, 5.41) is 0. The quantitative estimate of drug-likeness (QED) is 0.817. The molecular weight excluding hydrogens is 258 g/mol. The lowest BCUT2D eigenvalue weighted by atomic mass is 10.1. The summed E-state index contributed by atoms with van der Waals surface area (Å²) in [5.41, 5.74) is 9.87. The van der Waals surface area contributed by atoms with Gasteiger partial charge in [0.15, 0.2) is 0 Å². The number of rotatable bonds is 6. The van der Waals surface area contributed by atoms with Gasteiger partial charge in [-0.15, -0.1) is 0 Å². The normalized spacial score (nSPS) is 17.9.